The van der Waals surface area contributed by atoms with Gasteiger partial charge in [-0.25, -0.2) is 0 Å². The van der Waals surface area contributed by atoms with Gasteiger partial charge in [0.25, 0.3) is 0 Å². The molecule has 0 aromatic heterocycles. The number of aliphatic hydroxyl groups excluding tert-OH is 2. The largest absolute Gasteiger partial charge is 0.390 e. The van der Waals surface area contributed by atoms with Crippen molar-refractivity contribution in [2.45, 2.75) is 121 Å². The van der Waals surface area contributed by atoms with Crippen molar-refractivity contribution in [2.24, 2.45) is 0 Å². The van der Waals surface area contributed by atoms with E-state index in [-0.39, 0.29) is 36.9 Å². The molecule has 12 unspecified atom stereocenters. The first-order chi connectivity index (χ1) is 14.2. The summed E-state index contributed by atoms with van der Waals surface area (Å²) in [6.45, 7) is 7.59. The van der Waals surface area contributed by atoms with Crippen LogP contribution in [0, 0.1) is 0 Å². The van der Waals surface area contributed by atoms with Crippen LogP contribution in [0.3, 0.4) is 0 Å². The van der Waals surface area contributed by atoms with Gasteiger partial charge < -0.3 is 43.4 Å². The van der Waals surface area contributed by atoms with E-state index in [1.54, 1.807) is 21.1 Å². The van der Waals surface area contributed by atoms with Crippen LogP contribution in [-0.4, -0.2) is 98.1 Å². The molecule has 3 rings (SSSR count). The van der Waals surface area contributed by atoms with Gasteiger partial charge in [0.2, 0.25) is 0 Å². The molecule has 12 atom stereocenters. The van der Waals surface area contributed by atoms with Crippen LogP contribution in [0.2, 0.25) is 0 Å². The summed E-state index contributed by atoms with van der Waals surface area (Å²) in [7, 11) is 3.22. The van der Waals surface area contributed by atoms with Gasteiger partial charge >= 0.3 is 0 Å². The zero-order chi connectivity index (χ0) is 22.0. The summed E-state index contributed by atoms with van der Waals surface area (Å²) in [5.41, 5.74) is 0. The summed E-state index contributed by atoms with van der Waals surface area (Å²) in [4.78, 5) is 0. The maximum Gasteiger partial charge on any atom is 0.161 e. The van der Waals surface area contributed by atoms with Gasteiger partial charge in [-0.1, -0.05) is 0 Å². The minimum Gasteiger partial charge on any atom is -0.390 e. The number of hydrogen-bond acceptors (Lipinski definition) is 9. The van der Waals surface area contributed by atoms with E-state index in [9.17, 15) is 10.2 Å². The molecular formula is C21H38O9. The van der Waals surface area contributed by atoms with Gasteiger partial charge in [-0.3, -0.25) is 0 Å². The van der Waals surface area contributed by atoms with Crippen molar-refractivity contribution in [1.29, 1.82) is 0 Å². The van der Waals surface area contributed by atoms with Gasteiger partial charge in [0, 0.05) is 33.5 Å². The number of rotatable bonds is 6. The highest BCUT2D eigenvalue weighted by molar-refractivity contribution is 4.88. The molecule has 3 aliphatic rings. The van der Waals surface area contributed by atoms with Gasteiger partial charge in [0.1, 0.15) is 18.3 Å². The summed E-state index contributed by atoms with van der Waals surface area (Å²) in [5, 5.41) is 20.9. The van der Waals surface area contributed by atoms with E-state index in [4.69, 9.17) is 33.2 Å². The predicted octanol–water partition coefficient (Wildman–Crippen LogP) is 0.976. The lowest BCUT2D eigenvalue weighted by Crippen LogP contribution is -2.56. The molecule has 0 saturated carbocycles. The molecule has 3 aliphatic heterocycles. The molecule has 0 spiro atoms. The third kappa shape index (κ3) is 5.51. The fourth-order valence-corrected chi connectivity index (χ4v) is 4.68. The Labute approximate surface area is 178 Å². The van der Waals surface area contributed by atoms with Crippen molar-refractivity contribution in [3.8, 4) is 0 Å². The zero-order valence-electron chi connectivity index (χ0n) is 18.8. The Morgan fingerprint density at radius 2 is 1.23 bits per heavy atom. The molecule has 3 saturated heterocycles. The van der Waals surface area contributed by atoms with Crippen LogP contribution in [0.1, 0.15) is 47.0 Å². The molecule has 2 N–H and O–H groups in total. The van der Waals surface area contributed by atoms with Crippen LogP contribution in [0.4, 0.5) is 0 Å². The second-order valence-corrected chi connectivity index (χ2v) is 8.71. The Morgan fingerprint density at radius 1 is 0.667 bits per heavy atom. The van der Waals surface area contributed by atoms with E-state index < -0.39 is 43.1 Å². The molecule has 0 aromatic rings. The van der Waals surface area contributed by atoms with E-state index in [0.717, 1.165) is 6.42 Å². The Kier molecular flexibility index (Phi) is 8.50. The molecule has 0 aliphatic carbocycles. The van der Waals surface area contributed by atoms with Gasteiger partial charge in [0.05, 0.1) is 42.7 Å². The van der Waals surface area contributed by atoms with E-state index in [0.29, 0.717) is 6.42 Å². The molecule has 0 radical (unpaired) electrons. The van der Waals surface area contributed by atoms with E-state index in [1.165, 1.54) is 0 Å². The molecule has 30 heavy (non-hydrogen) atoms. The Balaban J connectivity index is 1.56. The topological polar surface area (TPSA) is 105 Å². The molecule has 3 heterocycles. The summed E-state index contributed by atoms with van der Waals surface area (Å²) >= 11 is 0. The first kappa shape index (κ1) is 24.3. The minimum atomic E-state index is -0.787. The average Bonchev–Trinajstić information content (AvgIpc) is 2.69. The maximum atomic E-state index is 10.8. The average molecular weight is 435 g/mol. The van der Waals surface area contributed by atoms with E-state index >= 15 is 0 Å². The first-order valence-electron chi connectivity index (χ1n) is 10.9. The fourth-order valence-electron chi connectivity index (χ4n) is 4.68. The highest BCUT2D eigenvalue weighted by Crippen LogP contribution is 2.32. The summed E-state index contributed by atoms with van der Waals surface area (Å²) in [5.74, 6) is 0. The molecular weight excluding hydrogens is 396 g/mol. The van der Waals surface area contributed by atoms with Crippen molar-refractivity contribution in [3.05, 3.63) is 0 Å². The molecule has 176 valence electrons. The van der Waals surface area contributed by atoms with Crippen LogP contribution in [-0.2, 0) is 33.2 Å². The highest BCUT2D eigenvalue weighted by atomic mass is 16.7. The molecule has 3 fully saturated rings. The second kappa shape index (κ2) is 10.5. The fraction of sp³-hybridized carbons (Fsp3) is 1.00. The van der Waals surface area contributed by atoms with Crippen LogP contribution < -0.4 is 0 Å². The molecule has 0 amide bonds. The first-order valence-corrected chi connectivity index (χ1v) is 10.9. The number of aliphatic hydroxyl groups is 2. The highest BCUT2D eigenvalue weighted by Gasteiger charge is 2.44. The van der Waals surface area contributed by atoms with Crippen LogP contribution in [0.5, 0.6) is 0 Å². The lowest BCUT2D eigenvalue weighted by Gasteiger charge is -2.45. The lowest BCUT2D eigenvalue weighted by molar-refractivity contribution is -0.327. The van der Waals surface area contributed by atoms with Crippen LogP contribution >= 0.6 is 0 Å². The van der Waals surface area contributed by atoms with Crippen molar-refractivity contribution in [3.63, 3.8) is 0 Å². The van der Waals surface area contributed by atoms with E-state index in [2.05, 4.69) is 0 Å². The second-order valence-electron chi connectivity index (χ2n) is 8.71. The van der Waals surface area contributed by atoms with Crippen molar-refractivity contribution in [2.75, 3.05) is 14.2 Å². The predicted molar refractivity (Wildman–Crippen MR) is 106 cm³/mol. The van der Waals surface area contributed by atoms with Crippen molar-refractivity contribution >= 4 is 0 Å². The number of ether oxygens (including phenoxy) is 7. The molecule has 9 heteroatoms. The third-order valence-electron chi connectivity index (χ3n) is 6.36. The minimum absolute atomic E-state index is 0.0942. The van der Waals surface area contributed by atoms with Crippen molar-refractivity contribution < 1.29 is 43.4 Å². The number of methoxy groups -OCH3 is 2. The standard InChI is InChI=1S/C21H38O9/c1-10-7-16(25-6)21(13(4)26-10)30-17-8-14(22)20(12(3)28-17)29-18-9-15(24-5)19(23)11(2)27-18/h10-23H,7-9H2,1-6H3. The van der Waals surface area contributed by atoms with Crippen LogP contribution in [0.25, 0.3) is 0 Å². The molecule has 9 nitrogen and oxygen atoms in total. The normalized spacial score (nSPS) is 50.4. The third-order valence-corrected chi connectivity index (χ3v) is 6.36. The Hall–Kier alpha value is -0.360. The van der Waals surface area contributed by atoms with E-state index in [1.807, 2.05) is 20.8 Å². The van der Waals surface area contributed by atoms with Gasteiger partial charge in [0.15, 0.2) is 12.6 Å². The lowest BCUT2D eigenvalue weighted by atomic mass is 9.98. The SMILES string of the molecule is COC1CC(OC2C(O)CC(OC3C(C)OC(C)CC3OC)OC2C)OC(C)C1O. The van der Waals surface area contributed by atoms with Gasteiger partial charge in [-0.15, -0.1) is 0 Å². The summed E-state index contributed by atoms with van der Waals surface area (Å²) in [6.07, 6.45) is -3.50. The zero-order valence-corrected chi connectivity index (χ0v) is 18.8. The Bertz CT molecular complexity index is 523. The molecule has 0 aromatic carbocycles. The number of hydrogen-bond donors (Lipinski definition) is 2. The summed E-state index contributed by atoms with van der Waals surface area (Å²) in [6, 6.07) is 0. The maximum absolute atomic E-state index is 10.8. The van der Waals surface area contributed by atoms with Crippen molar-refractivity contribution in [1.82, 2.24) is 0 Å². The smallest absolute Gasteiger partial charge is 0.161 e. The molecule has 0 bridgehead atoms. The quantitative estimate of drug-likeness (QED) is 0.633. The van der Waals surface area contributed by atoms with Crippen LogP contribution in [0.15, 0.2) is 0 Å². The van der Waals surface area contributed by atoms with Gasteiger partial charge in [-0.05, 0) is 27.7 Å². The monoisotopic (exact) mass is 434 g/mol. The summed E-state index contributed by atoms with van der Waals surface area (Å²) < 4.78 is 40.8. The van der Waals surface area contributed by atoms with Gasteiger partial charge in [-0.2, -0.15) is 0 Å². The Morgan fingerprint density at radius 3 is 1.87 bits per heavy atom.